The molecule has 3 rings (SSSR count). The first-order valence-electron chi connectivity index (χ1n) is 8.72. The molecule has 0 aliphatic carbocycles. The average Bonchev–Trinajstić information content (AvgIpc) is 2.67. The number of rotatable bonds is 4. The lowest BCUT2D eigenvalue weighted by Crippen LogP contribution is -2.33. The molecule has 0 atom stereocenters. The van der Waals surface area contributed by atoms with Gasteiger partial charge in [0, 0.05) is 42.2 Å². The summed E-state index contributed by atoms with van der Waals surface area (Å²) in [7, 11) is 1.75. The summed E-state index contributed by atoms with van der Waals surface area (Å²) in [5.41, 5.74) is 9.85. The van der Waals surface area contributed by atoms with Gasteiger partial charge in [0.25, 0.3) is 0 Å². The van der Waals surface area contributed by atoms with E-state index in [1.165, 1.54) is 18.2 Å². The molecule has 2 aromatic rings. The molecular formula is C20H23FN4O. The minimum Gasteiger partial charge on any atom is -0.398 e. The predicted molar refractivity (Wildman–Crippen MR) is 103 cm³/mol. The van der Waals surface area contributed by atoms with E-state index in [-0.39, 0.29) is 17.3 Å². The van der Waals surface area contributed by atoms with Gasteiger partial charge in [0.05, 0.1) is 0 Å². The molecule has 1 aliphatic heterocycles. The summed E-state index contributed by atoms with van der Waals surface area (Å²) < 4.78 is 13.3. The van der Waals surface area contributed by atoms with Crippen molar-refractivity contribution in [3.8, 4) is 0 Å². The molecule has 0 amide bonds. The highest BCUT2D eigenvalue weighted by Crippen LogP contribution is 2.29. The van der Waals surface area contributed by atoms with Crippen molar-refractivity contribution in [1.29, 1.82) is 0 Å². The summed E-state index contributed by atoms with van der Waals surface area (Å²) in [5, 5.41) is 3.35. The number of aromatic nitrogens is 1. The molecule has 4 N–H and O–H groups in total. The Kier molecular flexibility index (Phi) is 5.63. The fourth-order valence-corrected chi connectivity index (χ4v) is 3.41. The largest absolute Gasteiger partial charge is 0.398 e. The molecule has 1 aromatic carbocycles. The van der Waals surface area contributed by atoms with Crippen molar-refractivity contribution in [2.75, 3.05) is 20.1 Å². The summed E-state index contributed by atoms with van der Waals surface area (Å²) in [6.45, 7) is 1.84. The van der Waals surface area contributed by atoms with Crippen molar-refractivity contribution >= 4 is 17.0 Å². The lowest BCUT2D eigenvalue weighted by molar-refractivity contribution is 0.458. The Morgan fingerprint density at radius 1 is 1.15 bits per heavy atom. The lowest BCUT2D eigenvalue weighted by atomic mass is 9.84. The number of piperidine rings is 1. The Morgan fingerprint density at radius 2 is 1.85 bits per heavy atom. The van der Waals surface area contributed by atoms with Crippen LogP contribution in [0, 0.1) is 11.7 Å². The highest BCUT2D eigenvalue weighted by molar-refractivity contribution is 6.30. The molecule has 0 radical (unpaired) electrons. The molecule has 6 heteroatoms. The maximum absolute atomic E-state index is 13.3. The summed E-state index contributed by atoms with van der Waals surface area (Å²) >= 11 is 0. The van der Waals surface area contributed by atoms with Crippen molar-refractivity contribution in [3.05, 3.63) is 69.9 Å². The van der Waals surface area contributed by atoms with E-state index in [0.717, 1.165) is 42.8 Å². The quantitative estimate of drug-likeness (QED) is 0.737. The third-order valence-electron chi connectivity index (χ3n) is 4.71. The van der Waals surface area contributed by atoms with Gasteiger partial charge in [0.1, 0.15) is 5.82 Å². The third-order valence-corrected chi connectivity index (χ3v) is 4.71. The van der Waals surface area contributed by atoms with Crippen LogP contribution in [0.15, 0.2) is 52.4 Å². The van der Waals surface area contributed by atoms with E-state index in [0.29, 0.717) is 11.3 Å². The van der Waals surface area contributed by atoms with Crippen LogP contribution in [0.3, 0.4) is 0 Å². The van der Waals surface area contributed by atoms with Gasteiger partial charge in [-0.3, -0.25) is 9.79 Å². The van der Waals surface area contributed by atoms with E-state index in [9.17, 15) is 9.18 Å². The van der Waals surface area contributed by atoms with Gasteiger partial charge in [-0.15, -0.1) is 0 Å². The van der Waals surface area contributed by atoms with Gasteiger partial charge in [0.15, 0.2) is 0 Å². The monoisotopic (exact) mass is 354 g/mol. The van der Waals surface area contributed by atoms with Gasteiger partial charge in [-0.05, 0) is 67.4 Å². The van der Waals surface area contributed by atoms with Crippen molar-refractivity contribution in [1.82, 2.24) is 10.3 Å². The molecule has 136 valence electrons. The van der Waals surface area contributed by atoms with Crippen molar-refractivity contribution in [2.45, 2.75) is 12.8 Å². The number of H-pyrrole nitrogens is 1. The zero-order valence-electron chi connectivity index (χ0n) is 14.8. The van der Waals surface area contributed by atoms with Crippen LogP contribution in [0.2, 0.25) is 0 Å². The SMILES string of the molecule is CN=C(C(=C(N)c1ccc(F)cc1)c1cc[nH]c(=O)c1)C1CCNCC1. The van der Waals surface area contributed by atoms with Crippen molar-refractivity contribution in [3.63, 3.8) is 0 Å². The number of allylic oxidation sites excluding steroid dienone is 1. The predicted octanol–water partition coefficient (Wildman–Crippen LogP) is 2.41. The van der Waals surface area contributed by atoms with Gasteiger partial charge in [-0.1, -0.05) is 0 Å². The number of aromatic amines is 1. The molecule has 0 unspecified atom stereocenters. The first kappa shape index (κ1) is 18.1. The summed E-state index contributed by atoms with van der Waals surface area (Å²) in [4.78, 5) is 19.0. The zero-order chi connectivity index (χ0) is 18.5. The maximum Gasteiger partial charge on any atom is 0.248 e. The highest BCUT2D eigenvalue weighted by atomic mass is 19.1. The molecule has 2 heterocycles. The van der Waals surface area contributed by atoms with Crippen LogP contribution < -0.4 is 16.6 Å². The van der Waals surface area contributed by atoms with Gasteiger partial charge in [-0.25, -0.2) is 4.39 Å². The number of benzene rings is 1. The second-order valence-electron chi connectivity index (χ2n) is 6.37. The Bertz CT molecular complexity index is 877. The Labute approximate surface area is 151 Å². The number of pyridine rings is 1. The van der Waals surface area contributed by atoms with E-state index < -0.39 is 0 Å². The maximum atomic E-state index is 13.3. The highest BCUT2D eigenvalue weighted by Gasteiger charge is 2.25. The molecule has 1 saturated heterocycles. The second kappa shape index (κ2) is 8.10. The molecule has 0 spiro atoms. The van der Waals surface area contributed by atoms with E-state index in [4.69, 9.17) is 5.73 Å². The number of halogens is 1. The number of nitrogens with one attached hydrogen (secondary N) is 2. The minimum atomic E-state index is -0.318. The standard InChI is InChI=1S/C20H23FN4O/c1-23-20(14-6-9-24-10-7-14)18(15-8-11-25-17(26)12-15)19(22)13-2-4-16(21)5-3-13/h2-5,8,11-12,14,24H,6-7,9-10,22H2,1H3,(H,25,26). The van der Waals surface area contributed by atoms with Gasteiger partial charge in [-0.2, -0.15) is 0 Å². The lowest BCUT2D eigenvalue weighted by Gasteiger charge is -2.27. The third kappa shape index (κ3) is 3.91. The average molecular weight is 354 g/mol. The Hall–Kier alpha value is -2.73. The summed E-state index contributed by atoms with van der Waals surface area (Å²) in [5.74, 6) is -0.0588. The summed E-state index contributed by atoms with van der Waals surface area (Å²) in [6.07, 6.45) is 3.51. The van der Waals surface area contributed by atoms with Crippen molar-refractivity contribution in [2.24, 2.45) is 16.6 Å². The van der Waals surface area contributed by atoms with Gasteiger partial charge in [0.2, 0.25) is 5.56 Å². The van der Waals surface area contributed by atoms with Crippen LogP contribution in [0.25, 0.3) is 11.3 Å². The van der Waals surface area contributed by atoms with Crippen molar-refractivity contribution < 1.29 is 4.39 Å². The zero-order valence-corrected chi connectivity index (χ0v) is 14.8. The van der Waals surface area contributed by atoms with Crippen LogP contribution in [0.4, 0.5) is 4.39 Å². The van der Waals surface area contributed by atoms with E-state index in [1.54, 1.807) is 25.4 Å². The molecule has 1 aromatic heterocycles. The normalized spacial score (nSPS) is 17.1. The van der Waals surface area contributed by atoms with E-state index in [1.807, 2.05) is 6.07 Å². The van der Waals surface area contributed by atoms with E-state index >= 15 is 0 Å². The smallest absolute Gasteiger partial charge is 0.248 e. The Balaban J connectivity index is 2.16. The van der Waals surface area contributed by atoms with Crippen LogP contribution in [-0.4, -0.2) is 30.8 Å². The fraction of sp³-hybridized carbons (Fsp3) is 0.300. The number of nitrogens with two attached hydrogens (primary N) is 1. The molecule has 0 saturated carbocycles. The minimum absolute atomic E-state index is 0.201. The first-order chi connectivity index (χ1) is 12.6. The van der Waals surface area contributed by atoms with Crippen LogP contribution >= 0.6 is 0 Å². The Morgan fingerprint density at radius 3 is 2.46 bits per heavy atom. The van der Waals surface area contributed by atoms with Crippen LogP contribution in [0.1, 0.15) is 24.0 Å². The number of hydrogen-bond acceptors (Lipinski definition) is 4. The number of aliphatic imine (C=N–C) groups is 1. The molecule has 1 fully saturated rings. The fourth-order valence-electron chi connectivity index (χ4n) is 3.41. The number of nitrogens with zero attached hydrogens (tertiary/aromatic N) is 1. The molecule has 5 nitrogen and oxygen atoms in total. The van der Waals surface area contributed by atoms with Gasteiger partial charge >= 0.3 is 0 Å². The first-order valence-corrected chi connectivity index (χ1v) is 8.72. The second-order valence-corrected chi connectivity index (χ2v) is 6.37. The van der Waals surface area contributed by atoms with Gasteiger partial charge < -0.3 is 16.0 Å². The molecule has 1 aliphatic rings. The summed E-state index contributed by atoms with van der Waals surface area (Å²) in [6, 6.07) is 9.40. The number of hydrogen-bond donors (Lipinski definition) is 3. The van der Waals surface area contributed by atoms with Crippen LogP contribution in [0.5, 0.6) is 0 Å². The van der Waals surface area contributed by atoms with Crippen LogP contribution in [-0.2, 0) is 0 Å². The molecule has 26 heavy (non-hydrogen) atoms. The topological polar surface area (TPSA) is 83.3 Å². The van der Waals surface area contributed by atoms with E-state index in [2.05, 4.69) is 15.3 Å². The molecule has 0 bridgehead atoms. The molecular weight excluding hydrogens is 331 g/mol.